The molecule has 0 amide bonds. The number of hydrogen-bond acceptors (Lipinski definition) is 4. The van der Waals surface area contributed by atoms with E-state index in [0.717, 1.165) is 31.6 Å². The third-order valence-corrected chi connectivity index (χ3v) is 5.21. The van der Waals surface area contributed by atoms with E-state index < -0.39 is 4.92 Å². The molecule has 7 nitrogen and oxygen atoms in total. The van der Waals surface area contributed by atoms with Crippen molar-refractivity contribution in [2.75, 3.05) is 20.2 Å². The van der Waals surface area contributed by atoms with Gasteiger partial charge >= 0.3 is 0 Å². The van der Waals surface area contributed by atoms with E-state index in [0.29, 0.717) is 18.4 Å². The molecule has 1 aliphatic heterocycles. The fourth-order valence-corrected chi connectivity index (χ4v) is 3.55. The first-order chi connectivity index (χ1) is 14.1. The fourth-order valence-electron chi connectivity index (χ4n) is 3.55. The molecule has 2 atom stereocenters. The van der Waals surface area contributed by atoms with Crippen molar-refractivity contribution in [3.63, 3.8) is 0 Å². The lowest BCUT2D eigenvalue weighted by atomic mass is 9.89. The minimum absolute atomic E-state index is 0. The first-order valence-electron chi connectivity index (χ1n) is 9.93. The Labute approximate surface area is 194 Å². The predicted molar refractivity (Wildman–Crippen MR) is 129 cm³/mol. The monoisotopic (exact) mass is 524 g/mol. The SMILES string of the molecule is CN=C(NCc1ccc([N+](=O)[O-])cc1)NCC1CCCOC1c1ccc(C)cc1.I. The Balaban J connectivity index is 0.00000320. The van der Waals surface area contributed by atoms with E-state index >= 15 is 0 Å². The third-order valence-electron chi connectivity index (χ3n) is 5.21. The van der Waals surface area contributed by atoms with Gasteiger partial charge in [-0.25, -0.2) is 0 Å². The van der Waals surface area contributed by atoms with Gasteiger partial charge < -0.3 is 15.4 Å². The van der Waals surface area contributed by atoms with E-state index in [2.05, 4.69) is 46.8 Å². The Morgan fingerprint density at radius 1 is 1.17 bits per heavy atom. The largest absolute Gasteiger partial charge is 0.373 e. The van der Waals surface area contributed by atoms with Crippen molar-refractivity contribution in [1.82, 2.24) is 10.6 Å². The smallest absolute Gasteiger partial charge is 0.269 e. The second kappa shape index (κ2) is 11.8. The van der Waals surface area contributed by atoms with Crippen LogP contribution in [0.1, 0.15) is 35.6 Å². The van der Waals surface area contributed by atoms with Crippen molar-refractivity contribution >= 4 is 35.6 Å². The molecular weight excluding hydrogens is 495 g/mol. The molecule has 1 saturated heterocycles. The lowest BCUT2D eigenvalue weighted by Crippen LogP contribution is -2.41. The van der Waals surface area contributed by atoms with Gasteiger partial charge in [0.15, 0.2) is 5.96 Å². The number of ether oxygens (including phenoxy) is 1. The maximum Gasteiger partial charge on any atom is 0.269 e. The van der Waals surface area contributed by atoms with Crippen LogP contribution >= 0.6 is 24.0 Å². The zero-order valence-electron chi connectivity index (χ0n) is 17.3. The molecule has 0 bridgehead atoms. The number of benzene rings is 2. The summed E-state index contributed by atoms with van der Waals surface area (Å²) in [5, 5.41) is 17.4. The molecule has 1 heterocycles. The van der Waals surface area contributed by atoms with Crippen LogP contribution in [0, 0.1) is 23.0 Å². The summed E-state index contributed by atoms with van der Waals surface area (Å²) in [5.74, 6) is 1.07. The highest BCUT2D eigenvalue weighted by Crippen LogP contribution is 2.33. The highest BCUT2D eigenvalue weighted by atomic mass is 127. The number of nitro benzene ring substituents is 1. The van der Waals surface area contributed by atoms with Crippen LogP contribution < -0.4 is 10.6 Å². The van der Waals surface area contributed by atoms with Crippen LogP contribution in [0.4, 0.5) is 5.69 Å². The Morgan fingerprint density at radius 2 is 1.87 bits per heavy atom. The van der Waals surface area contributed by atoms with Gasteiger partial charge in [-0.1, -0.05) is 42.0 Å². The van der Waals surface area contributed by atoms with Crippen molar-refractivity contribution in [2.45, 2.75) is 32.4 Å². The molecule has 0 aromatic heterocycles. The summed E-state index contributed by atoms with van der Waals surface area (Å²) in [6.07, 6.45) is 2.25. The first kappa shape index (κ1) is 24.1. The molecule has 2 unspecified atom stereocenters. The first-order valence-corrected chi connectivity index (χ1v) is 9.93. The van der Waals surface area contributed by atoms with Gasteiger partial charge in [0.05, 0.1) is 11.0 Å². The summed E-state index contributed by atoms with van der Waals surface area (Å²) < 4.78 is 6.09. The van der Waals surface area contributed by atoms with E-state index in [9.17, 15) is 10.1 Å². The lowest BCUT2D eigenvalue weighted by molar-refractivity contribution is -0.384. The van der Waals surface area contributed by atoms with Crippen molar-refractivity contribution < 1.29 is 9.66 Å². The molecule has 2 aromatic carbocycles. The van der Waals surface area contributed by atoms with Crippen molar-refractivity contribution in [1.29, 1.82) is 0 Å². The molecule has 1 fully saturated rings. The maximum absolute atomic E-state index is 10.8. The van der Waals surface area contributed by atoms with E-state index in [1.807, 2.05) is 0 Å². The second-order valence-corrected chi connectivity index (χ2v) is 7.33. The number of aliphatic imine (C=N–C) groups is 1. The number of rotatable bonds is 6. The van der Waals surface area contributed by atoms with Gasteiger partial charge in [-0.05, 0) is 30.9 Å². The second-order valence-electron chi connectivity index (χ2n) is 7.33. The van der Waals surface area contributed by atoms with Crippen LogP contribution in [0.15, 0.2) is 53.5 Å². The highest BCUT2D eigenvalue weighted by molar-refractivity contribution is 14.0. The van der Waals surface area contributed by atoms with Crippen LogP contribution in [0.2, 0.25) is 0 Å². The highest BCUT2D eigenvalue weighted by Gasteiger charge is 2.27. The summed E-state index contributed by atoms with van der Waals surface area (Å²) in [7, 11) is 1.74. The number of nitrogens with one attached hydrogen (secondary N) is 2. The standard InChI is InChI=1S/C22H28N4O3.HI/c1-16-5-9-18(10-6-16)21-19(4-3-13-29-21)15-25-22(23-2)24-14-17-7-11-20(12-8-17)26(27)28;/h5-12,19,21H,3-4,13-15H2,1-2H3,(H2,23,24,25);1H. The lowest BCUT2D eigenvalue weighted by Gasteiger charge is -2.32. The molecule has 2 N–H and O–H groups in total. The topological polar surface area (TPSA) is 88.8 Å². The van der Waals surface area contributed by atoms with Crippen molar-refractivity contribution in [3.05, 3.63) is 75.3 Å². The molecule has 0 saturated carbocycles. The number of halogens is 1. The van der Waals surface area contributed by atoms with Gasteiger partial charge in [-0.15, -0.1) is 24.0 Å². The van der Waals surface area contributed by atoms with Crippen molar-refractivity contribution in [3.8, 4) is 0 Å². The van der Waals surface area contributed by atoms with E-state index in [4.69, 9.17) is 4.74 Å². The van der Waals surface area contributed by atoms with Crippen molar-refractivity contribution in [2.24, 2.45) is 10.9 Å². The minimum atomic E-state index is -0.394. The number of nitrogens with zero attached hydrogens (tertiary/aromatic N) is 2. The van der Waals surface area contributed by atoms with Gasteiger partial charge in [0.2, 0.25) is 0 Å². The number of aryl methyl sites for hydroxylation is 1. The van der Waals surface area contributed by atoms with Gasteiger partial charge in [-0.2, -0.15) is 0 Å². The minimum Gasteiger partial charge on any atom is -0.373 e. The predicted octanol–water partition coefficient (Wildman–Crippen LogP) is 4.35. The molecule has 2 aromatic rings. The van der Waals surface area contributed by atoms with Crippen LogP contribution in [0.5, 0.6) is 0 Å². The number of hydrogen-bond donors (Lipinski definition) is 2. The number of non-ortho nitro benzene ring substituents is 1. The summed E-state index contributed by atoms with van der Waals surface area (Å²) in [5.41, 5.74) is 3.51. The van der Waals surface area contributed by atoms with E-state index in [-0.39, 0.29) is 35.8 Å². The molecule has 30 heavy (non-hydrogen) atoms. The summed E-state index contributed by atoms with van der Waals surface area (Å²) >= 11 is 0. The summed E-state index contributed by atoms with van der Waals surface area (Å²) in [6.45, 7) is 4.19. The quantitative estimate of drug-likeness (QED) is 0.193. The average Bonchev–Trinajstić information content (AvgIpc) is 2.75. The summed E-state index contributed by atoms with van der Waals surface area (Å²) in [4.78, 5) is 14.6. The van der Waals surface area contributed by atoms with E-state index in [1.165, 1.54) is 23.3 Å². The molecular formula is C22H29IN4O3. The Hall–Kier alpha value is -2.20. The van der Waals surface area contributed by atoms with Crippen LogP contribution in [-0.4, -0.2) is 31.1 Å². The fraction of sp³-hybridized carbons (Fsp3) is 0.409. The average molecular weight is 524 g/mol. The molecule has 0 spiro atoms. The van der Waals surface area contributed by atoms with E-state index in [1.54, 1.807) is 19.2 Å². The van der Waals surface area contributed by atoms with Gasteiger partial charge in [-0.3, -0.25) is 15.1 Å². The zero-order chi connectivity index (χ0) is 20.6. The Morgan fingerprint density at radius 3 is 2.50 bits per heavy atom. The molecule has 8 heteroatoms. The normalized spacial score (nSPS) is 18.9. The summed E-state index contributed by atoms with van der Waals surface area (Å²) in [6, 6.07) is 15.1. The molecule has 0 radical (unpaired) electrons. The number of guanidine groups is 1. The zero-order valence-corrected chi connectivity index (χ0v) is 19.7. The van der Waals surface area contributed by atoms with Crippen LogP contribution in [0.25, 0.3) is 0 Å². The Kier molecular flexibility index (Phi) is 9.51. The number of nitro groups is 1. The molecule has 0 aliphatic carbocycles. The van der Waals surface area contributed by atoms with Gasteiger partial charge in [0.1, 0.15) is 0 Å². The molecule has 3 rings (SSSR count). The maximum atomic E-state index is 10.8. The molecule has 1 aliphatic rings. The third kappa shape index (κ3) is 6.66. The van der Waals surface area contributed by atoms with Gasteiger partial charge in [0.25, 0.3) is 5.69 Å². The van der Waals surface area contributed by atoms with Gasteiger partial charge in [0, 0.05) is 44.8 Å². The molecule has 162 valence electrons. The Bertz CT molecular complexity index is 840. The van der Waals surface area contributed by atoms with Crippen LogP contribution in [-0.2, 0) is 11.3 Å². The van der Waals surface area contributed by atoms with Crippen LogP contribution in [0.3, 0.4) is 0 Å².